The maximum Gasteiger partial charge on any atom is 0.460 e. The number of hydrogen-bond donors (Lipinski definition) is 1. The predicted octanol–water partition coefficient (Wildman–Crippen LogP) is 7.33. The fourth-order valence-corrected chi connectivity index (χ4v) is 5.16. The highest BCUT2D eigenvalue weighted by Crippen LogP contribution is 2.69. The first-order valence-corrected chi connectivity index (χ1v) is 15.7. The second kappa shape index (κ2) is 15.3. The van der Waals surface area contributed by atoms with Crippen molar-refractivity contribution in [2.24, 2.45) is 0 Å². The molecule has 0 saturated heterocycles. The summed E-state index contributed by atoms with van der Waals surface area (Å²) in [5, 5.41) is 10.6. The summed E-state index contributed by atoms with van der Waals surface area (Å²) in [6.45, 7) is -2.10. The molecule has 0 amide bonds. The normalized spacial score (nSPS) is 16.5. The van der Waals surface area contributed by atoms with Gasteiger partial charge in [-0.2, -0.15) is 127 Å². The summed E-state index contributed by atoms with van der Waals surface area (Å²) in [6.07, 6.45) is -12.4. The number of likely N-dealkylation sites (N-methyl/N-ethyl adjacent to an activating group) is 1. The number of halogens is 29. The number of nitrogens with one attached hydrogen (secondary N) is 1. The zero-order valence-electron chi connectivity index (χ0n) is 27.7. The Hall–Kier alpha value is -2.69. The molecule has 0 radical (unpaired) electrons. The molecule has 0 heterocycles. The number of aliphatic carboxylic acids is 1. The van der Waals surface area contributed by atoms with E-state index in [0.717, 1.165) is 14.1 Å². The quantitative estimate of drug-likeness (QED) is 0.0700. The van der Waals surface area contributed by atoms with Crippen LogP contribution in [0.5, 0.6) is 0 Å². The second-order valence-electron chi connectivity index (χ2n) is 12.6. The zero-order chi connectivity index (χ0) is 48.5. The van der Waals surface area contributed by atoms with Gasteiger partial charge in [0.1, 0.15) is 6.54 Å². The third kappa shape index (κ3) is 8.59. The summed E-state index contributed by atoms with van der Waals surface area (Å²) in [7, 11) is -3.24. The molecule has 6 nitrogen and oxygen atoms in total. The van der Waals surface area contributed by atoms with Crippen molar-refractivity contribution in [2.45, 2.75) is 96.0 Å². The standard InChI is InChI=1S/C23H19F29N2O4S/c1-54(2,8-9(55)56)6-3-5-53-59(57,58)7-4-10(24,25)11(26,27)12(28,29)13(30,31)14(32,33)15(34,35)16(36,37)17(38,39)18(40,41)19(42,43)20(44,45)21(46,47)22(48,49)23(50,51)52/h53H,3-8H2,1-2H3. The Kier molecular flexibility index (Phi) is 14.6. The summed E-state index contributed by atoms with van der Waals surface area (Å²) < 4.78 is 420. The van der Waals surface area contributed by atoms with Crippen LogP contribution in [-0.4, -0.2) is 142 Å². The van der Waals surface area contributed by atoms with Crippen LogP contribution in [0.2, 0.25) is 0 Å². The van der Waals surface area contributed by atoms with Crippen molar-refractivity contribution < 1.29 is 150 Å². The minimum atomic E-state index is -10.0. The van der Waals surface area contributed by atoms with Gasteiger partial charge < -0.3 is 14.4 Å². The average Bonchev–Trinajstić information content (AvgIpc) is 2.99. The number of quaternary nitrogens is 1. The minimum Gasteiger partial charge on any atom is -0.544 e. The topological polar surface area (TPSA) is 86.3 Å². The first-order chi connectivity index (χ1) is 25.1. The SMILES string of the molecule is C[N+](C)(CCCNS(=O)(=O)CCC(F)(F)C(F)(F)C(F)(F)C(F)(F)C(F)(F)C(F)(F)C(F)(F)C(F)(F)C(F)(F)C(F)(F)C(F)(F)C(F)(F)C(F)(F)C(F)(F)F)CC(=O)[O-]. The van der Waals surface area contributed by atoms with Gasteiger partial charge in [0.15, 0.2) is 0 Å². The molecule has 0 spiro atoms. The van der Waals surface area contributed by atoms with Gasteiger partial charge in [0.2, 0.25) is 10.0 Å². The van der Waals surface area contributed by atoms with Gasteiger partial charge in [-0.3, -0.25) is 0 Å². The number of carbonyl (C=O) groups excluding carboxylic acids is 1. The van der Waals surface area contributed by atoms with Crippen LogP contribution in [0.3, 0.4) is 0 Å². The van der Waals surface area contributed by atoms with E-state index in [-0.39, 0.29) is 6.54 Å². The van der Waals surface area contributed by atoms with Crippen molar-refractivity contribution >= 4 is 16.0 Å². The lowest BCUT2D eigenvalue weighted by Crippen LogP contribution is -2.79. The van der Waals surface area contributed by atoms with E-state index in [9.17, 15) is 146 Å². The monoisotopic (exact) mass is 970 g/mol. The predicted molar refractivity (Wildman–Crippen MR) is 128 cm³/mol. The number of hydrogen-bond acceptors (Lipinski definition) is 4. The molecular weight excluding hydrogens is 951 g/mol. The van der Waals surface area contributed by atoms with Crippen LogP contribution in [0.1, 0.15) is 12.8 Å². The van der Waals surface area contributed by atoms with Gasteiger partial charge in [-0.15, -0.1) is 0 Å². The summed E-state index contributed by atoms with van der Waals surface area (Å²) in [6, 6.07) is 0. The van der Waals surface area contributed by atoms with Gasteiger partial charge >= 0.3 is 83.2 Å². The van der Waals surface area contributed by atoms with Crippen LogP contribution in [0.15, 0.2) is 0 Å². The van der Waals surface area contributed by atoms with Gasteiger partial charge in [-0.1, -0.05) is 0 Å². The summed E-state index contributed by atoms with van der Waals surface area (Å²) in [4.78, 5) is 10.6. The lowest BCUT2D eigenvalue weighted by atomic mass is 9.83. The highest BCUT2D eigenvalue weighted by molar-refractivity contribution is 7.89. The summed E-state index contributed by atoms with van der Waals surface area (Å²) in [5.74, 6) is -126. The molecule has 0 saturated carbocycles. The third-order valence-corrected chi connectivity index (χ3v) is 9.04. The fraction of sp³-hybridized carbons (Fsp3) is 0.957. The van der Waals surface area contributed by atoms with Crippen LogP contribution in [0.25, 0.3) is 0 Å². The second-order valence-corrected chi connectivity index (χ2v) is 14.5. The molecule has 0 fully saturated rings. The van der Waals surface area contributed by atoms with Gasteiger partial charge in [-0.25, -0.2) is 13.1 Å². The molecule has 0 aromatic carbocycles. The van der Waals surface area contributed by atoms with E-state index in [2.05, 4.69) is 0 Å². The number of carboxylic acid groups (broad SMARTS) is 1. The highest BCUT2D eigenvalue weighted by Gasteiger charge is 3.00. The van der Waals surface area contributed by atoms with E-state index in [1.54, 1.807) is 0 Å². The Bertz CT molecular complexity index is 1620. The first-order valence-electron chi connectivity index (χ1n) is 14.1. The van der Waals surface area contributed by atoms with Gasteiger partial charge in [-0.05, 0) is 0 Å². The number of sulfonamides is 1. The molecule has 36 heteroatoms. The van der Waals surface area contributed by atoms with E-state index in [4.69, 9.17) is 0 Å². The molecule has 0 aromatic rings. The van der Waals surface area contributed by atoms with Gasteiger partial charge in [0.05, 0.1) is 32.4 Å². The van der Waals surface area contributed by atoms with E-state index >= 15 is 0 Å². The van der Waals surface area contributed by atoms with Crippen molar-refractivity contribution in [3.05, 3.63) is 0 Å². The zero-order valence-corrected chi connectivity index (χ0v) is 28.5. The van der Waals surface area contributed by atoms with Crippen molar-refractivity contribution in [2.75, 3.05) is 39.5 Å². The molecule has 0 atom stereocenters. The van der Waals surface area contributed by atoms with Crippen LogP contribution >= 0.6 is 0 Å². The molecule has 0 rings (SSSR count). The van der Waals surface area contributed by atoms with Crippen molar-refractivity contribution in [1.82, 2.24) is 4.72 Å². The number of alkyl halides is 29. The maximum absolute atomic E-state index is 14.1. The number of rotatable bonds is 22. The molecule has 0 aliphatic carbocycles. The first kappa shape index (κ1) is 56.3. The summed E-state index contributed by atoms with van der Waals surface area (Å²) in [5.41, 5.74) is 0. The molecular formula is C23H19F29N2O4S. The molecule has 59 heavy (non-hydrogen) atoms. The van der Waals surface area contributed by atoms with Gasteiger partial charge in [0, 0.05) is 19.4 Å². The van der Waals surface area contributed by atoms with Crippen LogP contribution in [0.4, 0.5) is 127 Å². The third-order valence-electron chi connectivity index (χ3n) is 7.66. The van der Waals surface area contributed by atoms with Crippen LogP contribution in [0, 0.1) is 0 Å². The van der Waals surface area contributed by atoms with Crippen LogP contribution in [-0.2, 0) is 14.8 Å². The van der Waals surface area contributed by atoms with Crippen molar-refractivity contribution in [1.29, 1.82) is 0 Å². The lowest BCUT2D eigenvalue weighted by Gasteiger charge is -2.46. The number of nitrogens with zero attached hydrogens (tertiary/aromatic N) is 1. The minimum absolute atomic E-state index is 0.348. The Morgan fingerprint density at radius 3 is 0.983 bits per heavy atom. The van der Waals surface area contributed by atoms with E-state index < -0.39 is 135 Å². The van der Waals surface area contributed by atoms with Gasteiger partial charge in [0.25, 0.3) is 0 Å². The highest BCUT2D eigenvalue weighted by atomic mass is 32.2. The molecule has 0 aliphatic heterocycles. The summed E-state index contributed by atoms with van der Waals surface area (Å²) >= 11 is 0. The van der Waals surface area contributed by atoms with Crippen molar-refractivity contribution in [3.63, 3.8) is 0 Å². The van der Waals surface area contributed by atoms with Crippen LogP contribution < -0.4 is 9.83 Å². The van der Waals surface area contributed by atoms with E-state index in [0.29, 0.717) is 0 Å². The van der Waals surface area contributed by atoms with E-state index in [1.807, 2.05) is 0 Å². The Labute approximate surface area is 307 Å². The Balaban J connectivity index is 7.01. The largest absolute Gasteiger partial charge is 0.544 e. The molecule has 0 aliphatic rings. The Morgan fingerprint density at radius 2 is 0.729 bits per heavy atom. The molecule has 0 bridgehead atoms. The maximum atomic E-state index is 14.1. The fourth-order valence-electron chi connectivity index (χ4n) is 4.03. The molecule has 0 aromatic heterocycles. The van der Waals surface area contributed by atoms with E-state index in [1.165, 1.54) is 4.72 Å². The molecule has 1 N–H and O–H groups in total. The number of carbonyl (C=O) groups is 1. The Morgan fingerprint density at radius 1 is 0.475 bits per heavy atom. The average molecular weight is 970 g/mol. The smallest absolute Gasteiger partial charge is 0.460 e. The molecule has 0 unspecified atom stereocenters. The van der Waals surface area contributed by atoms with Crippen molar-refractivity contribution in [3.8, 4) is 0 Å². The lowest BCUT2D eigenvalue weighted by molar-refractivity contribution is -0.884. The number of carboxylic acids is 1. The molecule has 354 valence electrons.